The van der Waals surface area contributed by atoms with Crippen molar-refractivity contribution in [3.63, 3.8) is 0 Å². The number of methoxy groups -OCH3 is 1. The molecule has 0 fully saturated rings. The number of rotatable bonds is 7. The first-order valence-corrected chi connectivity index (χ1v) is 8.00. The van der Waals surface area contributed by atoms with Crippen LogP contribution >= 0.6 is 0 Å². The summed E-state index contributed by atoms with van der Waals surface area (Å²) in [6, 6.07) is 3.94. The molecule has 0 aromatic heterocycles. The molecule has 0 saturated carbocycles. The molecule has 0 aliphatic heterocycles. The van der Waals surface area contributed by atoms with Gasteiger partial charge in [0.2, 0.25) is 9.84 Å². The summed E-state index contributed by atoms with van der Waals surface area (Å²) < 4.78 is 52.1. The Kier molecular flexibility index (Phi) is 6.69. The van der Waals surface area contributed by atoms with E-state index in [-0.39, 0.29) is 6.04 Å². The van der Waals surface area contributed by atoms with E-state index in [4.69, 9.17) is 4.74 Å². The lowest BCUT2D eigenvalue weighted by Gasteiger charge is -2.14. The number of carbonyl (C=O) groups excluding carboxylic acids is 1. The van der Waals surface area contributed by atoms with Crippen LogP contribution in [0, 0.1) is 0 Å². The molecular weight excluding hydrogens is 318 g/mol. The predicted molar refractivity (Wildman–Crippen MR) is 77.7 cm³/mol. The maximum absolute atomic E-state index is 12.4. The molecule has 0 aliphatic carbocycles. The number of benzene rings is 1. The minimum Gasteiger partial charge on any atom is -0.385 e. The van der Waals surface area contributed by atoms with Crippen LogP contribution in [-0.4, -0.2) is 40.0 Å². The highest BCUT2D eigenvalue weighted by atomic mass is 32.2. The third-order valence-corrected chi connectivity index (χ3v) is 4.21. The first-order chi connectivity index (χ1) is 10.3. The highest BCUT2D eigenvalue weighted by Gasteiger charge is 2.26. The van der Waals surface area contributed by atoms with Gasteiger partial charge in [0, 0.05) is 25.4 Å². The van der Waals surface area contributed by atoms with Crippen LogP contribution in [0.4, 0.5) is 19.3 Å². The van der Waals surface area contributed by atoms with Gasteiger partial charge in [0.1, 0.15) is 0 Å². The van der Waals surface area contributed by atoms with Gasteiger partial charge in [-0.3, -0.25) is 0 Å². The van der Waals surface area contributed by atoms with E-state index in [1.807, 2.05) is 0 Å². The third-order valence-electron chi connectivity index (χ3n) is 2.81. The van der Waals surface area contributed by atoms with Gasteiger partial charge in [0.15, 0.2) is 0 Å². The van der Waals surface area contributed by atoms with Crippen molar-refractivity contribution in [3.8, 4) is 0 Å². The zero-order valence-corrected chi connectivity index (χ0v) is 13.0. The minimum atomic E-state index is -4.63. The molecule has 1 atom stereocenters. The molecule has 22 heavy (non-hydrogen) atoms. The number of carbonyl (C=O) groups is 1. The number of halogens is 2. The molecule has 124 valence electrons. The van der Waals surface area contributed by atoms with Gasteiger partial charge < -0.3 is 15.4 Å². The van der Waals surface area contributed by atoms with Crippen LogP contribution < -0.4 is 10.6 Å². The Morgan fingerprint density at radius 2 is 1.86 bits per heavy atom. The van der Waals surface area contributed by atoms with Gasteiger partial charge in [-0.15, -0.1) is 0 Å². The second kappa shape index (κ2) is 8.04. The van der Waals surface area contributed by atoms with Crippen LogP contribution in [0.1, 0.15) is 13.3 Å². The third kappa shape index (κ3) is 5.23. The second-order valence-electron chi connectivity index (χ2n) is 4.61. The van der Waals surface area contributed by atoms with Crippen molar-refractivity contribution in [2.24, 2.45) is 0 Å². The molecule has 0 radical (unpaired) electrons. The van der Waals surface area contributed by atoms with Gasteiger partial charge in [-0.05, 0) is 37.6 Å². The summed E-state index contributed by atoms with van der Waals surface area (Å²) in [6.45, 7) is 2.30. The van der Waals surface area contributed by atoms with Crippen molar-refractivity contribution in [2.45, 2.75) is 30.0 Å². The molecule has 0 aliphatic rings. The Balaban J connectivity index is 2.63. The van der Waals surface area contributed by atoms with Gasteiger partial charge in [-0.25, -0.2) is 13.2 Å². The standard InChI is InChI=1S/C13H18F2N2O4S/c1-9(7-8-21-2)16-13(18)17-10-3-5-11(6-4-10)22(19,20)12(14)15/h3-6,9,12H,7-8H2,1-2H3,(H2,16,17,18)/t9-/m0/s1. The van der Waals surface area contributed by atoms with E-state index in [1.54, 1.807) is 14.0 Å². The summed E-state index contributed by atoms with van der Waals surface area (Å²) in [5, 5.41) is 5.14. The Bertz CT molecular complexity index is 591. The number of hydrogen-bond donors (Lipinski definition) is 2. The van der Waals surface area contributed by atoms with Crippen molar-refractivity contribution in [1.29, 1.82) is 0 Å². The van der Waals surface area contributed by atoms with Gasteiger partial charge in [0.05, 0.1) is 4.90 Å². The van der Waals surface area contributed by atoms with E-state index in [0.717, 1.165) is 12.1 Å². The zero-order chi connectivity index (χ0) is 16.8. The summed E-state index contributed by atoms with van der Waals surface area (Å²) in [7, 11) is -3.07. The van der Waals surface area contributed by atoms with Crippen molar-refractivity contribution in [3.05, 3.63) is 24.3 Å². The number of amides is 2. The van der Waals surface area contributed by atoms with E-state index in [0.29, 0.717) is 18.7 Å². The second-order valence-corrected chi connectivity index (χ2v) is 6.53. The van der Waals surface area contributed by atoms with Crippen LogP contribution in [0.3, 0.4) is 0 Å². The van der Waals surface area contributed by atoms with Crippen LogP contribution in [0.2, 0.25) is 0 Å². The number of hydrogen-bond acceptors (Lipinski definition) is 4. The van der Waals surface area contributed by atoms with Crippen molar-refractivity contribution < 1.29 is 26.7 Å². The summed E-state index contributed by atoms with van der Waals surface area (Å²) in [5.74, 6) is -3.48. The van der Waals surface area contributed by atoms with Crippen molar-refractivity contribution >= 4 is 21.6 Å². The quantitative estimate of drug-likeness (QED) is 0.800. The molecule has 0 bridgehead atoms. The van der Waals surface area contributed by atoms with Gasteiger partial charge in [-0.1, -0.05) is 0 Å². The maximum Gasteiger partial charge on any atom is 0.341 e. The monoisotopic (exact) mass is 336 g/mol. The number of anilines is 1. The highest BCUT2D eigenvalue weighted by molar-refractivity contribution is 7.91. The Labute approximate surface area is 127 Å². The molecule has 2 N–H and O–H groups in total. The van der Waals surface area contributed by atoms with E-state index < -0.39 is 26.5 Å². The van der Waals surface area contributed by atoms with Gasteiger partial charge >= 0.3 is 11.8 Å². The van der Waals surface area contributed by atoms with Crippen molar-refractivity contribution in [2.75, 3.05) is 19.0 Å². The number of urea groups is 1. The van der Waals surface area contributed by atoms with Crippen molar-refractivity contribution in [1.82, 2.24) is 5.32 Å². The molecule has 0 saturated heterocycles. The van der Waals surface area contributed by atoms with E-state index in [9.17, 15) is 22.0 Å². The Morgan fingerprint density at radius 1 is 1.27 bits per heavy atom. The zero-order valence-electron chi connectivity index (χ0n) is 12.2. The molecule has 0 heterocycles. The first-order valence-electron chi connectivity index (χ1n) is 6.46. The SMILES string of the molecule is COCC[C@H](C)NC(=O)Nc1ccc(S(=O)(=O)C(F)F)cc1. The van der Waals surface area contributed by atoms with Gasteiger partial charge in [0.25, 0.3) is 0 Å². The molecule has 0 unspecified atom stereocenters. The highest BCUT2D eigenvalue weighted by Crippen LogP contribution is 2.20. The summed E-state index contributed by atoms with van der Waals surface area (Å²) in [5.41, 5.74) is 0.296. The smallest absolute Gasteiger partial charge is 0.341 e. The molecule has 1 aromatic carbocycles. The Hall–Kier alpha value is -1.74. The van der Waals surface area contributed by atoms with Gasteiger partial charge in [-0.2, -0.15) is 8.78 Å². The molecule has 0 spiro atoms. The summed E-state index contributed by atoms with van der Waals surface area (Å²) in [4.78, 5) is 11.2. The fourth-order valence-corrected chi connectivity index (χ4v) is 2.31. The van der Waals surface area contributed by atoms with E-state index in [2.05, 4.69) is 10.6 Å². The van der Waals surface area contributed by atoms with Crippen LogP contribution in [0.5, 0.6) is 0 Å². The predicted octanol–water partition coefficient (Wildman–Crippen LogP) is 2.23. The normalized spacial score (nSPS) is 13.0. The summed E-state index contributed by atoms with van der Waals surface area (Å²) in [6.07, 6.45) is 0.634. The number of alkyl halides is 2. The fraction of sp³-hybridized carbons (Fsp3) is 0.462. The molecule has 2 amide bonds. The summed E-state index contributed by atoms with van der Waals surface area (Å²) >= 11 is 0. The average molecular weight is 336 g/mol. The van der Waals surface area contributed by atoms with E-state index in [1.165, 1.54) is 12.1 Å². The minimum absolute atomic E-state index is 0.113. The molecule has 6 nitrogen and oxygen atoms in total. The number of ether oxygens (including phenoxy) is 1. The molecular formula is C13H18F2N2O4S. The van der Waals surface area contributed by atoms with E-state index >= 15 is 0 Å². The van der Waals surface area contributed by atoms with Crippen LogP contribution in [0.15, 0.2) is 29.2 Å². The Morgan fingerprint density at radius 3 is 2.36 bits per heavy atom. The number of nitrogens with one attached hydrogen (secondary N) is 2. The topological polar surface area (TPSA) is 84.5 Å². The number of sulfone groups is 1. The van der Waals surface area contributed by atoms with Crippen LogP contribution in [0.25, 0.3) is 0 Å². The molecule has 9 heteroatoms. The maximum atomic E-state index is 12.4. The first kappa shape index (κ1) is 18.3. The van der Waals surface area contributed by atoms with Crippen LogP contribution in [-0.2, 0) is 14.6 Å². The average Bonchev–Trinajstić information content (AvgIpc) is 2.45. The lowest BCUT2D eigenvalue weighted by molar-refractivity contribution is 0.185. The lowest BCUT2D eigenvalue weighted by atomic mass is 10.2. The molecule has 1 aromatic rings. The fourth-order valence-electron chi connectivity index (χ4n) is 1.59. The largest absolute Gasteiger partial charge is 0.385 e. The molecule has 1 rings (SSSR count). The lowest BCUT2D eigenvalue weighted by Crippen LogP contribution is -2.36.